The number of fused-ring (bicyclic) bond motifs is 1. The smallest absolute Gasteiger partial charge is 0.250 e. The van der Waals surface area contributed by atoms with Crippen LogP contribution in [0.15, 0.2) is 30.5 Å². The molecule has 1 unspecified atom stereocenters. The van der Waals surface area contributed by atoms with Gasteiger partial charge in [-0.15, -0.1) is 0 Å². The second kappa shape index (κ2) is 7.81. The lowest BCUT2D eigenvalue weighted by atomic mass is 10.1. The summed E-state index contributed by atoms with van der Waals surface area (Å²) in [6.07, 6.45) is 3.71. The van der Waals surface area contributed by atoms with Gasteiger partial charge in [0.2, 0.25) is 0 Å². The highest BCUT2D eigenvalue weighted by molar-refractivity contribution is 7.97. The van der Waals surface area contributed by atoms with E-state index in [1.807, 2.05) is 18.2 Å². The Bertz CT molecular complexity index is 1020. The maximum Gasteiger partial charge on any atom is 0.250 e. The Morgan fingerprint density at radius 1 is 1.39 bits per heavy atom. The third-order valence-electron chi connectivity index (χ3n) is 4.93. The Morgan fingerprint density at radius 2 is 2.25 bits per heavy atom. The van der Waals surface area contributed by atoms with E-state index in [1.165, 1.54) is 0 Å². The van der Waals surface area contributed by atoms with Crippen molar-refractivity contribution in [1.82, 2.24) is 15.0 Å². The molecule has 8 heteroatoms. The van der Waals surface area contributed by atoms with Crippen molar-refractivity contribution in [1.29, 1.82) is 0 Å². The van der Waals surface area contributed by atoms with E-state index in [0.717, 1.165) is 40.3 Å². The summed E-state index contributed by atoms with van der Waals surface area (Å²) in [6, 6.07) is 8.13. The number of hydrogen-bond acceptors (Lipinski definition) is 6. The van der Waals surface area contributed by atoms with E-state index >= 15 is 0 Å². The number of morpholine rings is 1. The van der Waals surface area contributed by atoms with Crippen LogP contribution in [0.5, 0.6) is 0 Å². The summed E-state index contributed by atoms with van der Waals surface area (Å²) in [7, 11) is 0. The molecular formula is C20H23N5O2S. The quantitative estimate of drug-likeness (QED) is 0.687. The normalized spacial score (nSPS) is 17.2. The van der Waals surface area contributed by atoms with Crippen molar-refractivity contribution in [2.75, 3.05) is 30.9 Å². The van der Waals surface area contributed by atoms with Crippen molar-refractivity contribution in [3.05, 3.63) is 41.7 Å². The lowest BCUT2D eigenvalue weighted by Gasteiger charge is -2.34. The summed E-state index contributed by atoms with van der Waals surface area (Å²) in [5, 5.41) is 0.804. The fourth-order valence-corrected chi connectivity index (χ4v) is 3.96. The Kier molecular flexibility index (Phi) is 5.23. The number of anilines is 1. The Labute approximate surface area is 167 Å². The number of thioether (sulfide) groups is 1. The minimum atomic E-state index is -0.444. The zero-order valence-corrected chi connectivity index (χ0v) is 16.8. The molecule has 146 valence electrons. The summed E-state index contributed by atoms with van der Waals surface area (Å²) in [6.45, 7) is 4.35. The van der Waals surface area contributed by atoms with Crippen molar-refractivity contribution in [3.63, 3.8) is 0 Å². The van der Waals surface area contributed by atoms with Gasteiger partial charge in [-0.25, -0.2) is 9.97 Å². The molecule has 1 amide bonds. The predicted octanol–water partition coefficient (Wildman–Crippen LogP) is 2.81. The van der Waals surface area contributed by atoms with Crippen molar-refractivity contribution in [2.24, 2.45) is 5.73 Å². The predicted molar refractivity (Wildman–Crippen MR) is 113 cm³/mol. The highest BCUT2D eigenvalue weighted by Crippen LogP contribution is 2.27. The minimum absolute atomic E-state index is 0.266. The highest BCUT2D eigenvalue weighted by atomic mass is 32.2. The van der Waals surface area contributed by atoms with Crippen LogP contribution in [0.3, 0.4) is 0 Å². The average molecular weight is 398 g/mol. The van der Waals surface area contributed by atoms with Gasteiger partial charge >= 0.3 is 0 Å². The standard InChI is InChI=1S/C20H23N5O2S/c1-12-10-27-6-5-25(12)18-8-14(11-28-2)23-20(24-18)13-3-4-15-16(19(21)26)9-22-17(15)7-13/h3-4,7-9,12,22H,5-6,10-11H2,1-2H3,(H2,21,26). The number of nitrogens with zero attached hydrogens (tertiary/aromatic N) is 3. The van der Waals surface area contributed by atoms with Gasteiger partial charge < -0.3 is 20.4 Å². The molecule has 1 saturated heterocycles. The minimum Gasteiger partial charge on any atom is -0.377 e. The third kappa shape index (κ3) is 3.57. The van der Waals surface area contributed by atoms with Gasteiger partial charge in [0, 0.05) is 41.0 Å². The van der Waals surface area contributed by atoms with E-state index < -0.39 is 5.91 Å². The fraction of sp³-hybridized carbons (Fsp3) is 0.350. The molecule has 3 aromatic rings. The first-order valence-corrected chi connectivity index (χ1v) is 10.6. The second-order valence-corrected chi connectivity index (χ2v) is 7.78. The van der Waals surface area contributed by atoms with Crippen LogP contribution >= 0.6 is 11.8 Å². The van der Waals surface area contributed by atoms with Crippen molar-refractivity contribution in [3.8, 4) is 11.4 Å². The molecule has 4 rings (SSSR count). The lowest BCUT2D eigenvalue weighted by Crippen LogP contribution is -2.44. The largest absolute Gasteiger partial charge is 0.377 e. The number of nitrogens with one attached hydrogen (secondary N) is 1. The van der Waals surface area contributed by atoms with E-state index in [9.17, 15) is 4.79 Å². The number of hydrogen-bond donors (Lipinski definition) is 2. The number of aromatic amines is 1. The van der Waals surface area contributed by atoms with Gasteiger partial charge in [-0.1, -0.05) is 12.1 Å². The molecule has 3 N–H and O–H groups in total. The molecule has 0 radical (unpaired) electrons. The van der Waals surface area contributed by atoms with Crippen LogP contribution in [-0.2, 0) is 10.5 Å². The van der Waals surface area contributed by atoms with Gasteiger partial charge in [0.25, 0.3) is 5.91 Å². The molecule has 7 nitrogen and oxygen atoms in total. The Balaban J connectivity index is 1.77. The summed E-state index contributed by atoms with van der Waals surface area (Å²) in [5.74, 6) is 1.98. The molecule has 0 bridgehead atoms. The number of carbonyl (C=O) groups excluding carboxylic acids is 1. The molecule has 28 heavy (non-hydrogen) atoms. The molecule has 3 heterocycles. The van der Waals surface area contributed by atoms with Crippen molar-refractivity contribution < 1.29 is 9.53 Å². The zero-order chi connectivity index (χ0) is 19.7. The molecule has 1 aromatic carbocycles. The van der Waals surface area contributed by atoms with Crippen LogP contribution in [0.25, 0.3) is 22.3 Å². The van der Waals surface area contributed by atoms with E-state index in [0.29, 0.717) is 24.6 Å². The molecule has 0 aliphatic carbocycles. The van der Waals surface area contributed by atoms with Crippen molar-refractivity contribution in [2.45, 2.75) is 18.7 Å². The fourth-order valence-electron chi connectivity index (χ4n) is 3.52. The number of amides is 1. The van der Waals surface area contributed by atoms with Crippen LogP contribution in [0.2, 0.25) is 0 Å². The molecular weight excluding hydrogens is 374 g/mol. The molecule has 1 atom stereocenters. The van der Waals surface area contributed by atoms with Crippen LogP contribution in [0.4, 0.5) is 5.82 Å². The number of benzene rings is 1. The lowest BCUT2D eigenvalue weighted by molar-refractivity contribution is 0.0985. The Morgan fingerprint density at radius 3 is 3.00 bits per heavy atom. The molecule has 0 saturated carbocycles. The first kappa shape index (κ1) is 18.8. The van der Waals surface area contributed by atoms with Crippen LogP contribution in [-0.4, -0.2) is 52.9 Å². The van der Waals surface area contributed by atoms with E-state index in [1.54, 1.807) is 18.0 Å². The van der Waals surface area contributed by atoms with Gasteiger partial charge in [-0.2, -0.15) is 11.8 Å². The maximum absolute atomic E-state index is 11.6. The second-order valence-electron chi connectivity index (χ2n) is 6.92. The number of rotatable bonds is 5. The molecule has 1 aliphatic rings. The van der Waals surface area contributed by atoms with Gasteiger partial charge in [0.1, 0.15) is 5.82 Å². The third-order valence-corrected chi connectivity index (χ3v) is 5.51. The summed E-state index contributed by atoms with van der Waals surface area (Å²) < 4.78 is 5.56. The SMILES string of the molecule is CSCc1cc(N2CCOCC2C)nc(-c2ccc3c(C(N)=O)c[nH]c3c2)n1. The molecule has 2 aromatic heterocycles. The summed E-state index contributed by atoms with van der Waals surface area (Å²) in [4.78, 5) is 26.6. The van der Waals surface area contributed by atoms with Gasteiger partial charge in [0.05, 0.1) is 30.5 Å². The maximum atomic E-state index is 11.6. The van der Waals surface area contributed by atoms with Gasteiger partial charge in [-0.3, -0.25) is 4.79 Å². The Hall–Kier alpha value is -2.58. The number of H-pyrrole nitrogens is 1. The zero-order valence-electron chi connectivity index (χ0n) is 15.9. The van der Waals surface area contributed by atoms with Crippen LogP contribution in [0.1, 0.15) is 23.0 Å². The number of primary amides is 1. The number of nitrogens with two attached hydrogens (primary N) is 1. The highest BCUT2D eigenvalue weighted by Gasteiger charge is 2.22. The number of aromatic nitrogens is 3. The van der Waals surface area contributed by atoms with E-state index in [4.69, 9.17) is 20.4 Å². The topological polar surface area (TPSA) is 97.1 Å². The van der Waals surface area contributed by atoms with Crippen LogP contribution < -0.4 is 10.6 Å². The number of ether oxygens (including phenoxy) is 1. The van der Waals surface area contributed by atoms with E-state index in [2.05, 4.69) is 29.1 Å². The monoisotopic (exact) mass is 397 g/mol. The first-order chi connectivity index (χ1) is 13.6. The molecule has 1 aliphatic heterocycles. The molecule has 0 spiro atoms. The summed E-state index contributed by atoms with van der Waals surface area (Å²) in [5.41, 5.74) is 8.66. The van der Waals surface area contributed by atoms with Gasteiger partial charge in [0.15, 0.2) is 5.82 Å². The van der Waals surface area contributed by atoms with Gasteiger partial charge in [-0.05, 0) is 19.2 Å². The average Bonchev–Trinajstić information content (AvgIpc) is 3.12. The molecule has 1 fully saturated rings. The van der Waals surface area contributed by atoms with Crippen molar-refractivity contribution >= 4 is 34.4 Å². The van der Waals surface area contributed by atoms with E-state index in [-0.39, 0.29) is 6.04 Å². The van der Waals surface area contributed by atoms with Crippen LogP contribution in [0, 0.1) is 0 Å². The summed E-state index contributed by atoms with van der Waals surface area (Å²) >= 11 is 1.73. The number of carbonyl (C=O) groups is 1. The first-order valence-electron chi connectivity index (χ1n) is 9.19.